The number of rotatable bonds is 3. The van der Waals surface area contributed by atoms with Crippen LogP contribution in [0.1, 0.15) is 38.1 Å². The van der Waals surface area contributed by atoms with Gasteiger partial charge in [-0.15, -0.1) is 0 Å². The molecule has 18 heavy (non-hydrogen) atoms. The molecule has 0 saturated carbocycles. The van der Waals surface area contributed by atoms with Crippen LogP contribution in [0.3, 0.4) is 0 Å². The second-order valence-corrected chi connectivity index (χ2v) is 5.05. The summed E-state index contributed by atoms with van der Waals surface area (Å²) >= 11 is 0. The first-order chi connectivity index (χ1) is 8.52. The number of hydrogen-bond donors (Lipinski definition) is 0. The number of aryl methyl sites for hydroxylation is 1. The number of ketones is 1. The maximum absolute atomic E-state index is 11.8. The van der Waals surface area contributed by atoms with E-state index in [9.17, 15) is 4.79 Å². The molecule has 0 aliphatic rings. The van der Waals surface area contributed by atoms with Gasteiger partial charge in [0, 0.05) is 10.8 Å². The minimum atomic E-state index is -0.178. The molecule has 3 heteroatoms. The van der Waals surface area contributed by atoms with Crippen molar-refractivity contribution in [3.63, 3.8) is 0 Å². The van der Waals surface area contributed by atoms with Crippen molar-refractivity contribution in [2.24, 2.45) is 5.92 Å². The molecule has 2 aromatic rings. The van der Waals surface area contributed by atoms with E-state index in [-0.39, 0.29) is 17.6 Å². The SMILES string of the molecule is CC(=O)C(c1nnc(C)c2ccccc12)C(C)C. The quantitative estimate of drug-likeness (QED) is 0.829. The van der Waals surface area contributed by atoms with Crippen molar-refractivity contribution in [2.45, 2.75) is 33.6 Å². The fourth-order valence-electron chi connectivity index (χ4n) is 2.47. The van der Waals surface area contributed by atoms with Crippen molar-refractivity contribution < 1.29 is 4.79 Å². The number of carbonyl (C=O) groups excluding carboxylic acids is 1. The average Bonchev–Trinajstić information content (AvgIpc) is 2.32. The normalized spacial score (nSPS) is 12.9. The van der Waals surface area contributed by atoms with Crippen LogP contribution in [0.5, 0.6) is 0 Å². The Kier molecular flexibility index (Phi) is 3.41. The fourth-order valence-corrected chi connectivity index (χ4v) is 2.47. The number of aromatic nitrogens is 2. The highest BCUT2D eigenvalue weighted by atomic mass is 16.1. The third kappa shape index (κ3) is 2.13. The molecule has 1 aromatic carbocycles. The molecular weight excluding hydrogens is 224 g/mol. The Morgan fingerprint density at radius 2 is 1.72 bits per heavy atom. The summed E-state index contributed by atoms with van der Waals surface area (Å²) in [6, 6.07) is 8.01. The molecule has 0 aliphatic carbocycles. The van der Waals surface area contributed by atoms with Crippen molar-refractivity contribution in [1.82, 2.24) is 10.2 Å². The largest absolute Gasteiger partial charge is 0.299 e. The molecule has 0 aliphatic heterocycles. The van der Waals surface area contributed by atoms with Crippen molar-refractivity contribution in [2.75, 3.05) is 0 Å². The van der Waals surface area contributed by atoms with Crippen molar-refractivity contribution in [3.05, 3.63) is 35.7 Å². The summed E-state index contributed by atoms with van der Waals surface area (Å²) in [5, 5.41) is 10.6. The van der Waals surface area contributed by atoms with Crippen LogP contribution in [0.25, 0.3) is 10.8 Å². The number of carbonyl (C=O) groups is 1. The van der Waals surface area contributed by atoms with Gasteiger partial charge in [0.1, 0.15) is 5.78 Å². The van der Waals surface area contributed by atoms with Crippen LogP contribution in [0.15, 0.2) is 24.3 Å². The zero-order valence-corrected chi connectivity index (χ0v) is 11.3. The molecular formula is C15H18N2O. The minimum absolute atomic E-state index is 0.147. The summed E-state index contributed by atoms with van der Waals surface area (Å²) in [6.45, 7) is 7.66. The lowest BCUT2D eigenvalue weighted by Crippen LogP contribution is -2.18. The van der Waals surface area contributed by atoms with E-state index < -0.39 is 0 Å². The molecule has 0 spiro atoms. The van der Waals surface area contributed by atoms with Crippen LogP contribution < -0.4 is 0 Å². The Labute approximate surface area is 107 Å². The van der Waals surface area contributed by atoms with Crippen molar-refractivity contribution >= 4 is 16.6 Å². The number of fused-ring (bicyclic) bond motifs is 1. The zero-order chi connectivity index (χ0) is 13.3. The zero-order valence-electron chi connectivity index (χ0n) is 11.3. The molecule has 0 bridgehead atoms. The lowest BCUT2D eigenvalue weighted by molar-refractivity contribution is -0.119. The predicted octanol–water partition coefficient (Wildman–Crippen LogP) is 3.27. The topological polar surface area (TPSA) is 42.9 Å². The van der Waals surface area contributed by atoms with Gasteiger partial charge in [-0.3, -0.25) is 4.79 Å². The van der Waals surface area contributed by atoms with Gasteiger partial charge in [0.15, 0.2) is 0 Å². The second kappa shape index (κ2) is 4.84. The van der Waals surface area contributed by atoms with Gasteiger partial charge in [-0.2, -0.15) is 10.2 Å². The summed E-state index contributed by atoms with van der Waals surface area (Å²) in [5.41, 5.74) is 1.71. The monoisotopic (exact) mass is 242 g/mol. The van der Waals surface area contributed by atoms with Gasteiger partial charge in [-0.25, -0.2) is 0 Å². The van der Waals surface area contributed by atoms with Gasteiger partial charge in [0.2, 0.25) is 0 Å². The Hall–Kier alpha value is -1.77. The molecule has 0 saturated heterocycles. The minimum Gasteiger partial charge on any atom is -0.299 e. The van der Waals surface area contributed by atoms with Crippen molar-refractivity contribution in [3.8, 4) is 0 Å². The Balaban J connectivity index is 2.71. The van der Waals surface area contributed by atoms with Crippen LogP contribution in [-0.4, -0.2) is 16.0 Å². The Bertz CT molecular complexity index is 590. The maximum Gasteiger partial charge on any atom is 0.139 e. The van der Waals surface area contributed by atoms with Crippen LogP contribution in [0.2, 0.25) is 0 Å². The number of nitrogens with zero attached hydrogens (tertiary/aromatic N) is 2. The Morgan fingerprint density at radius 3 is 2.28 bits per heavy atom. The molecule has 3 nitrogen and oxygen atoms in total. The lowest BCUT2D eigenvalue weighted by Gasteiger charge is -2.18. The van der Waals surface area contributed by atoms with Crippen LogP contribution in [0.4, 0.5) is 0 Å². The maximum atomic E-state index is 11.8. The molecule has 0 N–H and O–H groups in total. The fraction of sp³-hybridized carbons (Fsp3) is 0.400. The van der Waals surface area contributed by atoms with Gasteiger partial charge in [0.25, 0.3) is 0 Å². The number of hydrogen-bond acceptors (Lipinski definition) is 3. The first-order valence-corrected chi connectivity index (χ1v) is 6.24. The first-order valence-electron chi connectivity index (χ1n) is 6.24. The molecule has 2 rings (SSSR count). The molecule has 94 valence electrons. The third-order valence-electron chi connectivity index (χ3n) is 3.30. The second-order valence-electron chi connectivity index (χ2n) is 5.05. The molecule has 1 heterocycles. The molecule has 0 fully saturated rings. The highest BCUT2D eigenvalue weighted by Crippen LogP contribution is 2.30. The van der Waals surface area contributed by atoms with Crippen LogP contribution in [0, 0.1) is 12.8 Å². The summed E-state index contributed by atoms with van der Waals surface area (Å²) < 4.78 is 0. The third-order valence-corrected chi connectivity index (χ3v) is 3.30. The van der Waals surface area contributed by atoms with Gasteiger partial charge in [0.05, 0.1) is 17.3 Å². The summed E-state index contributed by atoms with van der Waals surface area (Å²) in [5.74, 6) is 0.194. The van der Waals surface area contributed by atoms with Gasteiger partial charge < -0.3 is 0 Å². The van der Waals surface area contributed by atoms with Gasteiger partial charge in [-0.1, -0.05) is 38.1 Å². The molecule has 1 unspecified atom stereocenters. The highest BCUT2D eigenvalue weighted by Gasteiger charge is 2.24. The van der Waals surface area contributed by atoms with E-state index in [2.05, 4.69) is 10.2 Å². The van der Waals surface area contributed by atoms with E-state index in [0.29, 0.717) is 0 Å². The first kappa shape index (κ1) is 12.7. The van der Waals surface area contributed by atoms with Gasteiger partial charge >= 0.3 is 0 Å². The Morgan fingerprint density at radius 1 is 1.11 bits per heavy atom. The van der Waals surface area contributed by atoms with Gasteiger partial charge in [-0.05, 0) is 19.8 Å². The summed E-state index contributed by atoms with van der Waals surface area (Å²) in [7, 11) is 0. The van der Waals surface area contributed by atoms with Crippen molar-refractivity contribution in [1.29, 1.82) is 0 Å². The number of Topliss-reactive ketones (excluding diaryl/α,β-unsaturated/α-hetero) is 1. The standard InChI is InChI=1S/C15H18N2O/c1-9(2)14(11(4)18)15-13-8-6-5-7-12(13)10(3)16-17-15/h5-9,14H,1-4H3. The van der Waals surface area contributed by atoms with E-state index >= 15 is 0 Å². The van der Waals surface area contributed by atoms with E-state index in [1.54, 1.807) is 6.92 Å². The average molecular weight is 242 g/mol. The van der Waals surface area contributed by atoms with E-state index in [1.165, 1.54) is 0 Å². The molecule has 0 amide bonds. The molecule has 1 atom stereocenters. The summed E-state index contributed by atoms with van der Waals surface area (Å²) in [4.78, 5) is 11.8. The lowest BCUT2D eigenvalue weighted by atomic mass is 9.86. The summed E-state index contributed by atoms with van der Waals surface area (Å²) in [6.07, 6.45) is 0. The van der Waals surface area contributed by atoms with E-state index in [4.69, 9.17) is 0 Å². The molecule has 0 radical (unpaired) electrons. The van der Waals surface area contributed by atoms with E-state index in [1.807, 2.05) is 45.0 Å². The van der Waals surface area contributed by atoms with E-state index in [0.717, 1.165) is 22.2 Å². The smallest absolute Gasteiger partial charge is 0.139 e. The predicted molar refractivity (Wildman–Crippen MR) is 72.5 cm³/mol. The van der Waals surface area contributed by atoms with Crippen LogP contribution in [-0.2, 0) is 4.79 Å². The number of benzene rings is 1. The highest BCUT2D eigenvalue weighted by molar-refractivity contribution is 5.92. The molecule has 1 aromatic heterocycles. The van der Waals surface area contributed by atoms with Crippen LogP contribution >= 0.6 is 0 Å².